The first kappa shape index (κ1) is 31.6. The van der Waals surface area contributed by atoms with Gasteiger partial charge in [0.1, 0.15) is 11.2 Å². The Bertz CT molecular complexity index is 3420. The zero-order chi connectivity index (χ0) is 37.1. The van der Waals surface area contributed by atoms with Crippen molar-refractivity contribution in [1.82, 2.24) is 0 Å². The highest BCUT2D eigenvalue weighted by Crippen LogP contribution is 2.53. The Hall–Kier alpha value is -6.68. The van der Waals surface area contributed by atoms with Gasteiger partial charge in [-0.1, -0.05) is 135 Å². The van der Waals surface area contributed by atoms with E-state index in [9.17, 15) is 0 Å². The van der Waals surface area contributed by atoms with Gasteiger partial charge in [0.15, 0.2) is 0 Å². The normalized spacial score (nSPS) is 13.3. The third kappa shape index (κ3) is 4.49. The van der Waals surface area contributed by atoms with Crippen LogP contribution >= 0.6 is 11.3 Å². The van der Waals surface area contributed by atoms with Crippen LogP contribution in [0.3, 0.4) is 0 Å². The van der Waals surface area contributed by atoms with E-state index in [0.29, 0.717) is 0 Å². The van der Waals surface area contributed by atoms with Crippen LogP contribution in [0.1, 0.15) is 25.0 Å². The molecule has 0 unspecified atom stereocenters. The number of thiophene rings is 1. The number of hydrogen-bond acceptors (Lipinski definition) is 3. The molecule has 0 N–H and O–H groups in total. The molecule has 12 rings (SSSR count). The molecule has 0 saturated carbocycles. The van der Waals surface area contributed by atoms with Gasteiger partial charge in [-0.25, -0.2) is 0 Å². The van der Waals surface area contributed by atoms with Gasteiger partial charge in [0.05, 0.1) is 5.69 Å². The largest absolute Gasteiger partial charge is 0.456 e. The fourth-order valence-electron chi connectivity index (χ4n) is 9.55. The summed E-state index contributed by atoms with van der Waals surface area (Å²) in [5.74, 6) is 0. The van der Waals surface area contributed by atoms with Crippen LogP contribution < -0.4 is 4.90 Å². The molecule has 1 aliphatic carbocycles. The maximum Gasteiger partial charge on any atom is 0.136 e. The molecule has 0 radical (unpaired) electrons. The van der Waals surface area contributed by atoms with Crippen molar-refractivity contribution in [2.75, 3.05) is 4.90 Å². The molecule has 0 amide bonds. The first-order valence-electron chi connectivity index (χ1n) is 19.3. The van der Waals surface area contributed by atoms with Gasteiger partial charge in [0.2, 0.25) is 0 Å². The third-order valence-electron chi connectivity index (χ3n) is 12.2. The van der Waals surface area contributed by atoms with E-state index in [1.807, 2.05) is 11.3 Å². The van der Waals surface area contributed by atoms with Crippen LogP contribution in [0.15, 0.2) is 180 Å². The molecule has 2 nitrogen and oxygen atoms in total. The summed E-state index contributed by atoms with van der Waals surface area (Å²) in [6.07, 6.45) is 0. The number of furan rings is 1. The molecule has 11 aromatic rings. The quantitative estimate of drug-likeness (QED) is 0.168. The molecule has 2 aromatic heterocycles. The van der Waals surface area contributed by atoms with Crippen LogP contribution in [0.2, 0.25) is 0 Å². The van der Waals surface area contributed by atoms with Gasteiger partial charge in [0, 0.05) is 53.3 Å². The minimum absolute atomic E-state index is 0.143. The highest BCUT2D eigenvalue weighted by Gasteiger charge is 2.36. The van der Waals surface area contributed by atoms with Crippen molar-refractivity contribution in [3.63, 3.8) is 0 Å². The Morgan fingerprint density at radius 3 is 2.05 bits per heavy atom. The molecule has 0 spiro atoms. The van der Waals surface area contributed by atoms with Crippen LogP contribution in [0.4, 0.5) is 17.1 Å². The number of hydrogen-bond donors (Lipinski definition) is 0. The average molecular weight is 734 g/mol. The monoisotopic (exact) mass is 733 g/mol. The fraction of sp³-hybridized carbons (Fsp3) is 0.0566. The summed E-state index contributed by atoms with van der Waals surface area (Å²) in [7, 11) is 0. The van der Waals surface area contributed by atoms with Gasteiger partial charge in [-0.3, -0.25) is 0 Å². The molecule has 0 aliphatic heterocycles. The van der Waals surface area contributed by atoms with Gasteiger partial charge in [0.25, 0.3) is 0 Å². The number of benzene rings is 9. The zero-order valence-electron chi connectivity index (χ0n) is 31.0. The minimum atomic E-state index is -0.143. The predicted octanol–water partition coefficient (Wildman–Crippen LogP) is 15.7. The highest BCUT2D eigenvalue weighted by molar-refractivity contribution is 7.25. The number of para-hydroxylation sites is 1. The number of fused-ring (bicyclic) bond motifs is 12. The van der Waals surface area contributed by atoms with E-state index in [4.69, 9.17) is 4.42 Å². The third-order valence-corrected chi connectivity index (χ3v) is 13.4. The van der Waals surface area contributed by atoms with Gasteiger partial charge in [-0.05, 0) is 104 Å². The summed E-state index contributed by atoms with van der Waals surface area (Å²) in [6, 6.07) is 64.8. The van der Waals surface area contributed by atoms with Gasteiger partial charge < -0.3 is 9.32 Å². The second kappa shape index (κ2) is 11.7. The second-order valence-electron chi connectivity index (χ2n) is 15.7. The Morgan fingerprint density at radius 2 is 1.14 bits per heavy atom. The topological polar surface area (TPSA) is 16.4 Å². The molecule has 1 aliphatic rings. The van der Waals surface area contributed by atoms with Crippen LogP contribution in [-0.2, 0) is 5.41 Å². The van der Waals surface area contributed by atoms with Crippen LogP contribution in [0.25, 0.3) is 85.9 Å². The zero-order valence-corrected chi connectivity index (χ0v) is 31.8. The summed E-state index contributed by atoms with van der Waals surface area (Å²) >= 11 is 1.86. The molecule has 3 heteroatoms. The molecule has 264 valence electrons. The van der Waals surface area contributed by atoms with E-state index in [0.717, 1.165) is 50.1 Å². The maximum absolute atomic E-state index is 6.62. The lowest BCUT2D eigenvalue weighted by Gasteiger charge is -2.30. The van der Waals surface area contributed by atoms with E-state index in [2.05, 4.69) is 195 Å². The van der Waals surface area contributed by atoms with Crippen LogP contribution in [0.5, 0.6) is 0 Å². The minimum Gasteiger partial charge on any atom is -0.456 e. The Labute approximate surface area is 328 Å². The highest BCUT2D eigenvalue weighted by atomic mass is 32.1. The standard InChI is InChI=1S/C53H35NOS/c1-53(2)44-16-8-5-13-38(44)39-25-23-35(30-45(39)53)54(36-24-26-41-40-14-7-10-18-49(40)56-50(41)31-36)46-27-28-48-52(42-15-6-9-17-47(42)55-48)51(46)34-22-21-33-20-19-32-11-3-4-12-37(32)43(33)29-34/h3-31H,1-2H3. The lowest BCUT2D eigenvalue weighted by atomic mass is 9.82. The van der Waals surface area contributed by atoms with Crippen molar-refractivity contribution >= 4 is 92.1 Å². The van der Waals surface area contributed by atoms with Crippen molar-refractivity contribution < 1.29 is 4.42 Å². The molecular weight excluding hydrogens is 699 g/mol. The summed E-state index contributed by atoms with van der Waals surface area (Å²) in [6.45, 7) is 4.73. The number of anilines is 3. The van der Waals surface area contributed by atoms with E-state index in [-0.39, 0.29) is 5.41 Å². The molecule has 0 bridgehead atoms. The molecule has 0 atom stereocenters. The van der Waals surface area contributed by atoms with Crippen molar-refractivity contribution in [1.29, 1.82) is 0 Å². The molecule has 56 heavy (non-hydrogen) atoms. The number of nitrogens with zero attached hydrogens (tertiary/aromatic N) is 1. The van der Waals surface area contributed by atoms with Gasteiger partial charge >= 0.3 is 0 Å². The Balaban J connectivity index is 1.18. The van der Waals surface area contributed by atoms with Crippen molar-refractivity contribution in [3.05, 3.63) is 187 Å². The van der Waals surface area contributed by atoms with Gasteiger partial charge in [-0.15, -0.1) is 11.3 Å². The molecule has 2 heterocycles. The predicted molar refractivity (Wildman–Crippen MR) is 239 cm³/mol. The summed E-state index contributed by atoms with van der Waals surface area (Å²) in [5.41, 5.74) is 12.7. The first-order valence-corrected chi connectivity index (χ1v) is 20.1. The molecule has 9 aromatic carbocycles. The number of rotatable bonds is 4. The van der Waals surface area contributed by atoms with Crippen molar-refractivity contribution in [2.24, 2.45) is 0 Å². The van der Waals surface area contributed by atoms with E-state index >= 15 is 0 Å². The molecular formula is C53H35NOS. The Morgan fingerprint density at radius 1 is 0.464 bits per heavy atom. The lowest BCUT2D eigenvalue weighted by Crippen LogP contribution is -2.17. The van der Waals surface area contributed by atoms with Crippen LogP contribution in [0, 0.1) is 0 Å². The summed E-state index contributed by atoms with van der Waals surface area (Å²) in [5, 5.41) is 9.80. The van der Waals surface area contributed by atoms with E-state index in [1.54, 1.807) is 0 Å². The van der Waals surface area contributed by atoms with Crippen LogP contribution in [-0.4, -0.2) is 0 Å². The SMILES string of the molecule is CC1(C)c2ccccc2-c2ccc(N(c3ccc4c(c3)sc3ccccc34)c3ccc4oc5ccccc5c4c3-c3ccc4ccc5ccccc5c4c3)cc21. The van der Waals surface area contributed by atoms with Crippen molar-refractivity contribution in [3.8, 4) is 22.3 Å². The van der Waals surface area contributed by atoms with E-state index < -0.39 is 0 Å². The first-order chi connectivity index (χ1) is 27.5. The van der Waals surface area contributed by atoms with E-state index in [1.165, 1.54) is 64.0 Å². The molecule has 0 fully saturated rings. The molecule has 0 saturated heterocycles. The summed E-state index contributed by atoms with van der Waals surface area (Å²) in [4.78, 5) is 2.49. The lowest BCUT2D eigenvalue weighted by molar-refractivity contribution is 0.660. The van der Waals surface area contributed by atoms with Crippen molar-refractivity contribution in [2.45, 2.75) is 19.3 Å². The second-order valence-corrected chi connectivity index (χ2v) is 16.8. The van der Waals surface area contributed by atoms with Gasteiger partial charge in [-0.2, -0.15) is 0 Å². The average Bonchev–Trinajstić information content (AvgIpc) is 3.88. The fourth-order valence-corrected chi connectivity index (χ4v) is 10.7. The Kier molecular flexibility index (Phi) is 6.59. The smallest absolute Gasteiger partial charge is 0.136 e. The maximum atomic E-state index is 6.62. The summed E-state index contributed by atoms with van der Waals surface area (Å²) < 4.78 is 9.20.